The lowest BCUT2D eigenvalue weighted by Crippen LogP contribution is -2.52. The predicted octanol–water partition coefficient (Wildman–Crippen LogP) is 3.04. The molecule has 1 aromatic carbocycles. The lowest BCUT2D eigenvalue weighted by Gasteiger charge is -2.37. The highest BCUT2D eigenvalue weighted by atomic mass is 32.1. The van der Waals surface area contributed by atoms with Gasteiger partial charge in [0.05, 0.1) is 6.54 Å². The first-order chi connectivity index (χ1) is 11.4. The Morgan fingerprint density at radius 3 is 2.52 bits per heavy atom. The normalized spacial score (nSPS) is 15.8. The molecule has 4 nitrogen and oxygen atoms in total. The number of thiophene rings is 1. The second-order valence-corrected chi connectivity index (χ2v) is 6.59. The van der Waals surface area contributed by atoms with Crippen molar-refractivity contribution in [1.29, 1.82) is 0 Å². The zero-order valence-electron chi connectivity index (χ0n) is 13.6. The summed E-state index contributed by atoms with van der Waals surface area (Å²) in [5, 5.41) is 5.54. The second kappa shape index (κ2) is 8.02. The standard InChI is InChI=1S/C18H24N4S/c1-2-19-18(20-15-17-9-6-14-23-17)22-12-10-21(11-13-22)16-7-4-3-5-8-16/h3-9,14H,2,10-13,15H2,1H3,(H,19,20). The van der Waals surface area contributed by atoms with Crippen LogP contribution >= 0.6 is 11.3 Å². The van der Waals surface area contributed by atoms with Crippen molar-refractivity contribution >= 4 is 23.0 Å². The van der Waals surface area contributed by atoms with Gasteiger partial charge in [-0.1, -0.05) is 24.3 Å². The van der Waals surface area contributed by atoms with Crippen molar-refractivity contribution in [2.45, 2.75) is 13.5 Å². The highest BCUT2D eigenvalue weighted by molar-refractivity contribution is 7.09. The first kappa shape index (κ1) is 15.9. The van der Waals surface area contributed by atoms with Gasteiger partial charge >= 0.3 is 0 Å². The molecule has 0 bridgehead atoms. The van der Waals surface area contributed by atoms with E-state index in [1.165, 1.54) is 10.6 Å². The summed E-state index contributed by atoms with van der Waals surface area (Å²) in [4.78, 5) is 10.9. The zero-order valence-corrected chi connectivity index (χ0v) is 14.4. The maximum absolute atomic E-state index is 4.80. The van der Waals surface area contributed by atoms with E-state index in [0.29, 0.717) is 0 Å². The van der Waals surface area contributed by atoms with Crippen LogP contribution in [0.2, 0.25) is 0 Å². The number of hydrogen-bond donors (Lipinski definition) is 1. The van der Waals surface area contributed by atoms with E-state index in [1.807, 2.05) is 0 Å². The van der Waals surface area contributed by atoms with Crippen LogP contribution < -0.4 is 10.2 Å². The van der Waals surface area contributed by atoms with Gasteiger partial charge in [-0.05, 0) is 30.5 Å². The molecule has 1 aliphatic rings. The van der Waals surface area contributed by atoms with Crippen LogP contribution in [-0.2, 0) is 6.54 Å². The van der Waals surface area contributed by atoms with Crippen LogP contribution in [0.15, 0.2) is 52.8 Å². The monoisotopic (exact) mass is 328 g/mol. The number of hydrogen-bond acceptors (Lipinski definition) is 3. The number of para-hydroxylation sites is 1. The summed E-state index contributed by atoms with van der Waals surface area (Å²) >= 11 is 1.77. The SMILES string of the molecule is CCNC(=NCc1cccs1)N1CCN(c2ccccc2)CC1. The highest BCUT2D eigenvalue weighted by Gasteiger charge is 2.19. The van der Waals surface area contributed by atoms with Crippen LogP contribution in [0, 0.1) is 0 Å². The molecule has 1 fully saturated rings. The molecule has 5 heteroatoms. The van der Waals surface area contributed by atoms with Crippen LogP contribution in [0.5, 0.6) is 0 Å². The van der Waals surface area contributed by atoms with Crippen LogP contribution in [0.4, 0.5) is 5.69 Å². The minimum atomic E-state index is 0.763. The molecule has 0 amide bonds. The van der Waals surface area contributed by atoms with E-state index in [0.717, 1.165) is 45.2 Å². The zero-order chi connectivity index (χ0) is 15.9. The molecule has 23 heavy (non-hydrogen) atoms. The second-order valence-electron chi connectivity index (χ2n) is 5.56. The number of anilines is 1. The number of nitrogens with zero attached hydrogens (tertiary/aromatic N) is 3. The number of benzene rings is 1. The van der Waals surface area contributed by atoms with E-state index in [2.05, 4.69) is 69.9 Å². The fourth-order valence-corrected chi connectivity index (χ4v) is 3.42. The maximum Gasteiger partial charge on any atom is 0.194 e. The number of piperazine rings is 1. The first-order valence-electron chi connectivity index (χ1n) is 8.22. The van der Waals surface area contributed by atoms with Gasteiger partial charge in [-0.3, -0.25) is 0 Å². The van der Waals surface area contributed by atoms with Gasteiger partial charge in [0, 0.05) is 43.3 Å². The molecule has 2 heterocycles. The Morgan fingerprint density at radius 1 is 1.09 bits per heavy atom. The van der Waals surface area contributed by atoms with Gasteiger partial charge in [0.15, 0.2) is 5.96 Å². The Balaban J connectivity index is 1.60. The van der Waals surface area contributed by atoms with E-state index in [1.54, 1.807) is 11.3 Å². The van der Waals surface area contributed by atoms with E-state index in [9.17, 15) is 0 Å². The number of aliphatic imine (C=N–C) groups is 1. The molecule has 1 aliphatic heterocycles. The third-order valence-corrected chi connectivity index (χ3v) is 4.86. The fourth-order valence-electron chi connectivity index (χ4n) is 2.80. The Labute approximate surface area is 142 Å². The maximum atomic E-state index is 4.80. The average molecular weight is 328 g/mol. The van der Waals surface area contributed by atoms with Crippen molar-refractivity contribution < 1.29 is 0 Å². The number of rotatable bonds is 4. The largest absolute Gasteiger partial charge is 0.368 e. The van der Waals surface area contributed by atoms with Gasteiger partial charge in [0.2, 0.25) is 0 Å². The summed E-state index contributed by atoms with van der Waals surface area (Å²) in [7, 11) is 0. The lowest BCUT2D eigenvalue weighted by molar-refractivity contribution is 0.372. The number of guanidine groups is 1. The Bertz CT molecular complexity index is 601. The summed E-state index contributed by atoms with van der Waals surface area (Å²) in [6, 6.07) is 14.9. The van der Waals surface area contributed by atoms with E-state index in [4.69, 9.17) is 4.99 Å². The van der Waals surface area contributed by atoms with Gasteiger partial charge < -0.3 is 15.1 Å². The van der Waals surface area contributed by atoms with Crippen molar-refractivity contribution in [3.63, 3.8) is 0 Å². The molecule has 122 valence electrons. The minimum Gasteiger partial charge on any atom is -0.368 e. The molecular weight excluding hydrogens is 304 g/mol. The Kier molecular flexibility index (Phi) is 5.53. The van der Waals surface area contributed by atoms with Crippen molar-refractivity contribution in [3.8, 4) is 0 Å². The van der Waals surface area contributed by atoms with Gasteiger partial charge in [0.1, 0.15) is 0 Å². The molecule has 0 atom stereocenters. The third-order valence-electron chi connectivity index (χ3n) is 4.00. The molecule has 3 rings (SSSR count). The number of nitrogens with one attached hydrogen (secondary N) is 1. The molecule has 1 N–H and O–H groups in total. The van der Waals surface area contributed by atoms with Crippen molar-refractivity contribution in [2.24, 2.45) is 4.99 Å². The molecule has 0 aliphatic carbocycles. The van der Waals surface area contributed by atoms with Crippen LogP contribution in [0.25, 0.3) is 0 Å². The van der Waals surface area contributed by atoms with E-state index >= 15 is 0 Å². The quantitative estimate of drug-likeness (QED) is 0.691. The highest BCUT2D eigenvalue weighted by Crippen LogP contribution is 2.16. The molecule has 0 radical (unpaired) electrons. The molecule has 0 unspecified atom stereocenters. The van der Waals surface area contributed by atoms with Crippen molar-refractivity contribution in [1.82, 2.24) is 10.2 Å². The molecule has 0 saturated carbocycles. The average Bonchev–Trinajstić information content (AvgIpc) is 3.13. The van der Waals surface area contributed by atoms with Crippen LogP contribution in [0.3, 0.4) is 0 Å². The Morgan fingerprint density at radius 2 is 1.87 bits per heavy atom. The van der Waals surface area contributed by atoms with Gasteiger partial charge in [-0.25, -0.2) is 4.99 Å². The first-order valence-corrected chi connectivity index (χ1v) is 9.10. The summed E-state index contributed by atoms with van der Waals surface area (Å²) in [5.41, 5.74) is 1.31. The molecule has 1 saturated heterocycles. The topological polar surface area (TPSA) is 30.9 Å². The lowest BCUT2D eigenvalue weighted by atomic mass is 10.2. The van der Waals surface area contributed by atoms with Crippen LogP contribution in [0.1, 0.15) is 11.8 Å². The third kappa shape index (κ3) is 4.26. The summed E-state index contributed by atoms with van der Waals surface area (Å²) in [5.74, 6) is 1.04. The van der Waals surface area contributed by atoms with Crippen molar-refractivity contribution in [3.05, 3.63) is 52.7 Å². The molecule has 2 aromatic rings. The molecular formula is C18H24N4S. The van der Waals surface area contributed by atoms with Gasteiger partial charge in [0.25, 0.3) is 0 Å². The summed E-state index contributed by atoms with van der Waals surface area (Å²) < 4.78 is 0. The predicted molar refractivity (Wildman–Crippen MR) is 99.4 cm³/mol. The summed E-state index contributed by atoms with van der Waals surface area (Å²) in [6.07, 6.45) is 0. The summed E-state index contributed by atoms with van der Waals surface area (Å²) in [6.45, 7) is 7.87. The van der Waals surface area contributed by atoms with Gasteiger partial charge in [-0.2, -0.15) is 0 Å². The van der Waals surface area contributed by atoms with Crippen molar-refractivity contribution in [2.75, 3.05) is 37.6 Å². The van der Waals surface area contributed by atoms with E-state index in [-0.39, 0.29) is 0 Å². The minimum absolute atomic E-state index is 0.763. The van der Waals surface area contributed by atoms with Gasteiger partial charge in [-0.15, -0.1) is 11.3 Å². The molecule has 0 spiro atoms. The Hall–Kier alpha value is -2.01. The van der Waals surface area contributed by atoms with Crippen LogP contribution in [-0.4, -0.2) is 43.6 Å². The molecule has 1 aromatic heterocycles. The fraction of sp³-hybridized carbons (Fsp3) is 0.389. The smallest absolute Gasteiger partial charge is 0.194 e. The van der Waals surface area contributed by atoms with E-state index < -0.39 is 0 Å².